The Labute approximate surface area is 128 Å². The van der Waals surface area contributed by atoms with Crippen LogP contribution in [0.1, 0.15) is 31.4 Å². The highest BCUT2D eigenvalue weighted by Gasteiger charge is 2.34. The zero-order valence-corrected chi connectivity index (χ0v) is 13.6. The molecule has 0 spiro atoms. The Kier molecular flexibility index (Phi) is 5.18. The van der Waals surface area contributed by atoms with Gasteiger partial charge in [-0.15, -0.1) is 0 Å². The lowest BCUT2D eigenvalue weighted by molar-refractivity contribution is -0.0611. The van der Waals surface area contributed by atoms with Crippen LogP contribution in [0.3, 0.4) is 0 Å². The first-order chi connectivity index (χ1) is 9.49. The van der Waals surface area contributed by atoms with Gasteiger partial charge in [-0.2, -0.15) is 0 Å². The molecule has 1 fully saturated rings. The molecule has 2 N–H and O–H groups in total. The molecule has 0 bridgehead atoms. The largest absolute Gasteiger partial charge is 0.377 e. The van der Waals surface area contributed by atoms with Crippen LogP contribution in [0.2, 0.25) is 0 Å². The number of nitrogens with two attached hydrogens (primary N) is 1. The van der Waals surface area contributed by atoms with Crippen molar-refractivity contribution in [2.75, 3.05) is 26.7 Å². The van der Waals surface area contributed by atoms with E-state index in [-0.39, 0.29) is 17.5 Å². The number of nitrogens with zero attached hydrogens (tertiary/aromatic N) is 1. The summed E-state index contributed by atoms with van der Waals surface area (Å²) in [6, 6.07) is 5.08. The van der Waals surface area contributed by atoms with Crippen molar-refractivity contribution in [1.29, 1.82) is 0 Å². The second-order valence-corrected chi connectivity index (χ2v) is 6.56. The maximum absolute atomic E-state index is 14.2. The molecule has 3 nitrogen and oxygen atoms in total. The number of benzene rings is 1. The number of hydrogen-bond acceptors (Lipinski definition) is 3. The van der Waals surface area contributed by atoms with E-state index < -0.39 is 0 Å². The summed E-state index contributed by atoms with van der Waals surface area (Å²) in [5, 5.41) is 0. The second-order valence-electron chi connectivity index (χ2n) is 5.65. The summed E-state index contributed by atoms with van der Waals surface area (Å²) >= 11 is 3.29. The van der Waals surface area contributed by atoms with Crippen LogP contribution < -0.4 is 5.73 Å². The van der Waals surface area contributed by atoms with Crippen molar-refractivity contribution in [2.45, 2.75) is 31.4 Å². The first-order valence-electron chi connectivity index (χ1n) is 6.93. The lowest BCUT2D eigenvalue weighted by Gasteiger charge is -2.43. The van der Waals surface area contributed by atoms with Crippen molar-refractivity contribution in [3.8, 4) is 0 Å². The summed E-state index contributed by atoms with van der Waals surface area (Å²) in [7, 11) is 1.74. The van der Waals surface area contributed by atoms with Gasteiger partial charge in [-0.25, -0.2) is 4.39 Å². The molecule has 20 heavy (non-hydrogen) atoms. The molecule has 2 unspecified atom stereocenters. The molecule has 1 saturated heterocycles. The Hall–Kier alpha value is -0.490. The van der Waals surface area contributed by atoms with Gasteiger partial charge >= 0.3 is 0 Å². The van der Waals surface area contributed by atoms with Crippen LogP contribution in [0.5, 0.6) is 0 Å². The Morgan fingerprint density at radius 1 is 1.55 bits per heavy atom. The van der Waals surface area contributed by atoms with Crippen LogP contribution in [0.15, 0.2) is 22.7 Å². The summed E-state index contributed by atoms with van der Waals surface area (Å²) in [6.45, 7) is 4.21. The minimum Gasteiger partial charge on any atom is -0.377 e. The molecule has 0 saturated carbocycles. The molecule has 0 radical (unpaired) electrons. The minimum absolute atomic E-state index is 0.0992. The van der Waals surface area contributed by atoms with E-state index in [2.05, 4.69) is 27.8 Å². The van der Waals surface area contributed by atoms with Gasteiger partial charge in [-0.1, -0.05) is 22.0 Å². The van der Waals surface area contributed by atoms with Crippen LogP contribution in [-0.4, -0.2) is 37.2 Å². The second kappa shape index (κ2) is 6.52. The van der Waals surface area contributed by atoms with E-state index in [1.54, 1.807) is 7.11 Å². The van der Waals surface area contributed by atoms with Crippen LogP contribution in [0.4, 0.5) is 4.39 Å². The maximum Gasteiger partial charge on any atom is 0.129 e. The van der Waals surface area contributed by atoms with Crippen molar-refractivity contribution in [3.63, 3.8) is 0 Å². The van der Waals surface area contributed by atoms with Gasteiger partial charge in [0.2, 0.25) is 0 Å². The number of ether oxygens (including phenoxy) is 1. The quantitative estimate of drug-likeness (QED) is 0.911. The normalized spacial score (nSPS) is 25.6. The Balaban J connectivity index is 2.23. The monoisotopic (exact) mass is 344 g/mol. The van der Waals surface area contributed by atoms with E-state index in [1.807, 2.05) is 12.1 Å². The van der Waals surface area contributed by atoms with E-state index >= 15 is 0 Å². The van der Waals surface area contributed by atoms with Gasteiger partial charge in [-0.05, 0) is 38.4 Å². The SMILES string of the molecule is COC1(C)CCCN(C(CN)c2ccc(Br)cc2F)C1. The first kappa shape index (κ1) is 15.9. The number of rotatable bonds is 4. The van der Waals surface area contributed by atoms with E-state index in [1.165, 1.54) is 6.07 Å². The Bertz CT molecular complexity index is 471. The van der Waals surface area contributed by atoms with Crippen molar-refractivity contribution in [3.05, 3.63) is 34.1 Å². The molecule has 2 rings (SSSR count). The molecule has 0 aliphatic carbocycles. The highest BCUT2D eigenvalue weighted by atomic mass is 79.9. The van der Waals surface area contributed by atoms with Gasteiger partial charge in [0.25, 0.3) is 0 Å². The molecule has 1 aliphatic heterocycles. The number of piperidine rings is 1. The van der Waals surface area contributed by atoms with Crippen molar-refractivity contribution < 1.29 is 9.13 Å². The highest BCUT2D eigenvalue weighted by Crippen LogP contribution is 2.31. The zero-order valence-electron chi connectivity index (χ0n) is 12.0. The van der Waals surface area contributed by atoms with Crippen molar-refractivity contribution >= 4 is 15.9 Å². The highest BCUT2D eigenvalue weighted by molar-refractivity contribution is 9.10. The summed E-state index contributed by atoms with van der Waals surface area (Å²) in [4.78, 5) is 2.24. The van der Waals surface area contributed by atoms with Gasteiger partial charge in [0.1, 0.15) is 5.82 Å². The van der Waals surface area contributed by atoms with Crippen molar-refractivity contribution in [2.24, 2.45) is 5.73 Å². The molecule has 1 aromatic carbocycles. The topological polar surface area (TPSA) is 38.5 Å². The molecule has 1 aliphatic rings. The molecule has 2 atom stereocenters. The Morgan fingerprint density at radius 2 is 2.30 bits per heavy atom. The zero-order chi connectivity index (χ0) is 14.8. The standard InChI is InChI=1S/C15H22BrFN2O/c1-15(20-2)6-3-7-19(10-15)14(9-18)12-5-4-11(16)8-13(12)17/h4-5,8,14H,3,6-7,9-10,18H2,1-2H3. The van der Waals surface area contributed by atoms with E-state index in [0.717, 1.165) is 30.4 Å². The third-order valence-corrected chi connectivity index (χ3v) is 4.66. The third kappa shape index (κ3) is 3.39. The van der Waals surface area contributed by atoms with E-state index in [9.17, 15) is 4.39 Å². The van der Waals surface area contributed by atoms with Gasteiger partial charge in [0, 0.05) is 30.2 Å². The predicted molar refractivity (Wildman–Crippen MR) is 82.1 cm³/mol. The fourth-order valence-electron chi connectivity index (χ4n) is 2.92. The van der Waals surface area contributed by atoms with E-state index in [4.69, 9.17) is 10.5 Å². The number of methoxy groups -OCH3 is 1. The molecule has 112 valence electrons. The third-order valence-electron chi connectivity index (χ3n) is 4.17. The molecule has 1 heterocycles. The van der Waals surface area contributed by atoms with Gasteiger partial charge < -0.3 is 10.5 Å². The predicted octanol–water partition coefficient (Wildman–Crippen LogP) is 3.09. The number of halogens is 2. The Morgan fingerprint density at radius 3 is 2.90 bits per heavy atom. The van der Waals surface area contributed by atoms with Crippen LogP contribution >= 0.6 is 15.9 Å². The van der Waals surface area contributed by atoms with Gasteiger partial charge in [-0.3, -0.25) is 4.90 Å². The lowest BCUT2D eigenvalue weighted by atomic mass is 9.92. The van der Waals surface area contributed by atoms with Gasteiger partial charge in [0.05, 0.1) is 11.6 Å². The summed E-state index contributed by atoms with van der Waals surface area (Å²) in [5.74, 6) is -0.209. The molecular weight excluding hydrogens is 323 g/mol. The summed E-state index contributed by atoms with van der Waals surface area (Å²) in [6.07, 6.45) is 2.07. The molecule has 1 aromatic rings. The maximum atomic E-state index is 14.2. The molecule has 0 aromatic heterocycles. The number of hydrogen-bond donors (Lipinski definition) is 1. The number of likely N-dealkylation sites (tertiary alicyclic amines) is 1. The molecular formula is C15H22BrFN2O. The smallest absolute Gasteiger partial charge is 0.129 e. The molecule has 5 heteroatoms. The van der Waals surface area contributed by atoms with Crippen LogP contribution in [-0.2, 0) is 4.74 Å². The van der Waals surface area contributed by atoms with Gasteiger partial charge in [0.15, 0.2) is 0 Å². The lowest BCUT2D eigenvalue weighted by Crippen LogP contribution is -2.50. The van der Waals surface area contributed by atoms with Crippen molar-refractivity contribution in [1.82, 2.24) is 4.90 Å². The summed E-state index contributed by atoms with van der Waals surface area (Å²) < 4.78 is 20.5. The van der Waals surface area contributed by atoms with Crippen LogP contribution in [0.25, 0.3) is 0 Å². The first-order valence-corrected chi connectivity index (χ1v) is 7.72. The average molecular weight is 345 g/mol. The fraction of sp³-hybridized carbons (Fsp3) is 0.600. The fourth-order valence-corrected chi connectivity index (χ4v) is 3.25. The molecule has 0 amide bonds. The minimum atomic E-state index is -0.209. The van der Waals surface area contributed by atoms with E-state index in [0.29, 0.717) is 12.1 Å². The summed E-state index contributed by atoms with van der Waals surface area (Å²) in [5.41, 5.74) is 6.41. The van der Waals surface area contributed by atoms with Crippen LogP contribution in [0, 0.1) is 5.82 Å². The average Bonchev–Trinajstić information content (AvgIpc) is 2.42.